The summed E-state index contributed by atoms with van der Waals surface area (Å²) >= 11 is 0. The maximum absolute atomic E-state index is 14.3. The van der Waals surface area contributed by atoms with Gasteiger partial charge in [-0.25, -0.2) is 4.39 Å². The van der Waals surface area contributed by atoms with Crippen molar-refractivity contribution in [3.05, 3.63) is 59.2 Å². The highest BCUT2D eigenvalue weighted by Gasteiger charge is 2.27. The van der Waals surface area contributed by atoms with Crippen molar-refractivity contribution in [1.82, 2.24) is 20.9 Å². The van der Waals surface area contributed by atoms with Crippen molar-refractivity contribution in [3.8, 4) is 18.1 Å². The van der Waals surface area contributed by atoms with Crippen LogP contribution < -0.4 is 20.7 Å². The van der Waals surface area contributed by atoms with Crippen LogP contribution in [0.15, 0.2) is 36.7 Å². The Labute approximate surface area is 217 Å². The topological polar surface area (TPSA) is 113 Å². The van der Waals surface area contributed by atoms with Crippen molar-refractivity contribution in [2.45, 2.75) is 70.2 Å². The number of aromatic nitrogens is 1. The number of rotatable bonds is 7. The molecule has 3 atom stereocenters. The summed E-state index contributed by atoms with van der Waals surface area (Å²) in [5, 5.41) is 19.8. The molecule has 0 unspecified atom stereocenters. The van der Waals surface area contributed by atoms with Crippen molar-refractivity contribution in [2.75, 3.05) is 13.2 Å². The lowest BCUT2D eigenvalue weighted by Crippen LogP contribution is -2.54. The number of ether oxygens (including phenoxy) is 1. The number of fused-ring (bicyclic) bond motifs is 2. The number of hydrogen-bond donors (Lipinski definition) is 4. The molecule has 0 radical (unpaired) electrons. The largest absolute Gasteiger partial charge is 0.493 e. The van der Waals surface area contributed by atoms with Crippen LogP contribution in [-0.2, 0) is 29.0 Å². The molecule has 2 heterocycles. The molecule has 1 aliphatic heterocycles. The number of hydrogen-bond acceptors (Lipinski definition) is 6. The number of aliphatic hydroxyl groups is 1. The van der Waals surface area contributed by atoms with Crippen molar-refractivity contribution < 1.29 is 23.8 Å². The van der Waals surface area contributed by atoms with E-state index in [1.54, 1.807) is 12.3 Å². The number of halogens is 1. The van der Waals surface area contributed by atoms with Crippen LogP contribution >= 0.6 is 0 Å². The van der Waals surface area contributed by atoms with Gasteiger partial charge < -0.3 is 25.8 Å². The summed E-state index contributed by atoms with van der Waals surface area (Å²) in [6.45, 7) is 3.01. The summed E-state index contributed by atoms with van der Waals surface area (Å²) in [6.07, 6.45) is 10.4. The Bertz CT molecular complexity index is 1100. The summed E-state index contributed by atoms with van der Waals surface area (Å²) in [5.41, 5.74) is 2.65. The smallest absolute Gasteiger partial charge is 0.243 e. The van der Waals surface area contributed by atoms with E-state index in [9.17, 15) is 19.1 Å². The predicted molar refractivity (Wildman–Crippen MR) is 138 cm³/mol. The third kappa shape index (κ3) is 9.16. The third-order valence-electron chi connectivity index (χ3n) is 6.16. The van der Waals surface area contributed by atoms with E-state index in [1.807, 2.05) is 12.3 Å². The Morgan fingerprint density at radius 2 is 2.03 bits per heavy atom. The van der Waals surface area contributed by atoms with E-state index < -0.39 is 29.9 Å². The summed E-state index contributed by atoms with van der Waals surface area (Å²) in [5.74, 6) is 1.52. The normalized spacial score (nSPS) is 19.8. The van der Waals surface area contributed by atoms with Gasteiger partial charge in [0.1, 0.15) is 17.6 Å². The van der Waals surface area contributed by atoms with Crippen molar-refractivity contribution in [1.29, 1.82) is 0 Å². The molecule has 37 heavy (non-hydrogen) atoms. The molecule has 0 saturated heterocycles. The molecule has 0 saturated carbocycles. The Kier molecular flexibility index (Phi) is 10.9. The molecule has 3 rings (SSSR count). The first-order valence-corrected chi connectivity index (χ1v) is 12.6. The predicted octanol–water partition coefficient (Wildman–Crippen LogP) is 2.03. The first-order chi connectivity index (χ1) is 17.9. The zero-order valence-electron chi connectivity index (χ0n) is 21.1. The average molecular weight is 511 g/mol. The van der Waals surface area contributed by atoms with Crippen molar-refractivity contribution in [3.63, 3.8) is 0 Å². The second-order valence-electron chi connectivity index (χ2n) is 9.20. The second-order valence-corrected chi connectivity index (χ2v) is 9.20. The lowest BCUT2D eigenvalue weighted by Gasteiger charge is -2.27. The summed E-state index contributed by atoms with van der Waals surface area (Å²) < 4.78 is 20.0. The molecule has 1 aromatic carbocycles. The minimum absolute atomic E-state index is 0.00658. The van der Waals surface area contributed by atoms with E-state index in [4.69, 9.17) is 11.2 Å². The van der Waals surface area contributed by atoms with Gasteiger partial charge in [0, 0.05) is 44.4 Å². The number of aliphatic hydroxyl groups excluding tert-OH is 1. The molecular weight excluding hydrogens is 475 g/mol. The molecule has 0 fully saturated rings. The van der Waals surface area contributed by atoms with Crippen molar-refractivity contribution >= 4 is 11.8 Å². The fraction of sp³-hybridized carbons (Fsp3) is 0.464. The average Bonchev–Trinajstić information content (AvgIpc) is 2.87. The lowest BCUT2D eigenvalue weighted by atomic mass is 9.99. The van der Waals surface area contributed by atoms with E-state index in [1.165, 1.54) is 12.1 Å². The standard InChI is InChI=1S/C28H35FN4O4/c1-3-7-24-28(36)33-25(26(34)18-31-17-21-10-19(4-2)15-30-16-21)13-20-11-22(29)14-23(12-20)37-9-6-5-8-27(35)32-24/h1,10-12,14-16,24-26,31,34H,4-9,13,17-18H2,2H3,(H,32,35)(H,33,36)/t24-,25-,26+/m0/s1. The highest BCUT2D eigenvalue weighted by Crippen LogP contribution is 2.19. The monoisotopic (exact) mass is 510 g/mol. The number of nitrogens with zero attached hydrogens (tertiary/aromatic N) is 1. The molecule has 0 spiro atoms. The molecule has 2 aromatic rings. The van der Waals surface area contributed by atoms with Gasteiger partial charge in [-0.15, -0.1) is 12.3 Å². The number of aryl methyl sites for hydroxylation is 1. The number of benzene rings is 1. The van der Waals surface area contributed by atoms with Crippen LogP contribution in [0.3, 0.4) is 0 Å². The van der Waals surface area contributed by atoms with Gasteiger partial charge in [-0.1, -0.05) is 13.0 Å². The number of nitrogens with one attached hydrogen (secondary N) is 3. The number of pyridine rings is 1. The summed E-state index contributed by atoms with van der Waals surface area (Å²) in [6, 6.07) is 4.67. The molecule has 198 valence electrons. The van der Waals surface area contributed by atoms with E-state index in [0.29, 0.717) is 37.3 Å². The fourth-order valence-corrected chi connectivity index (χ4v) is 4.15. The van der Waals surface area contributed by atoms with E-state index in [0.717, 1.165) is 17.5 Å². The Balaban J connectivity index is 1.78. The third-order valence-corrected chi connectivity index (χ3v) is 6.16. The van der Waals surface area contributed by atoms with Gasteiger partial charge in [0.25, 0.3) is 0 Å². The van der Waals surface area contributed by atoms with Crippen LogP contribution in [0.1, 0.15) is 49.3 Å². The number of carbonyl (C=O) groups is 2. The molecular formula is C28H35FN4O4. The maximum atomic E-state index is 14.3. The summed E-state index contributed by atoms with van der Waals surface area (Å²) in [4.78, 5) is 29.7. The maximum Gasteiger partial charge on any atom is 0.243 e. The van der Waals surface area contributed by atoms with Gasteiger partial charge in [0.15, 0.2) is 0 Å². The number of terminal acetylenes is 1. The molecule has 9 heteroatoms. The second kappa shape index (κ2) is 14.3. The number of amides is 2. The SMILES string of the molecule is C#CC[C@@H]1NC(=O)CCCCOc2cc(F)cc(c2)C[C@@H]([C@H](O)CNCc2cncc(CC)c2)NC1=O. The van der Waals surface area contributed by atoms with Gasteiger partial charge in [-0.2, -0.15) is 0 Å². The zero-order chi connectivity index (χ0) is 26.6. The van der Waals surface area contributed by atoms with Crippen LogP contribution in [0.2, 0.25) is 0 Å². The Morgan fingerprint density at radius 3 is 2.81 bits per heavy atom. The minimum atomic E-state index is -1.02. The molecule has 1 aliphatic rings. The highest BCUT2D eigenvalue weighted by atomic mass is 19.1. The van der Waals surface area contributed by atoms with Gasteiger partial charge in [0.05, 0.1) is 18.8 Å². The molecule has 4 N–H and O–H groups in total. The van der Waals surface area contributed by atoms with Gasteiger partial charge in [-0.3, -0.25) is 14.6 Å². The lowest BCUT2D eigenvalue weighted by molar-refractivity contribution is -0.129. The van der Waals surface area contributed by atoms with E-state index in [2.05, 4.69) is 33.8 Å². The van der Waals surface area contributed by atoms with Crippen LogP contribution in [0, 0.1) is 18.2 Å². The van der Waals surface area contributed by atoms with Gasteiger partial charge in [-0.05, 0) is 54.5 Å². The molecule has 2 amide bonds. The first kappa shape index (κ1) is 28.1. The van der Waals surface area contributed by atoms with E-state index in [-0.39, 0.29) is 31.7 Å². The van der Waals surface area contributed by atoms with E-state index >= 15 is 0 Å². The van der Waals surface area contributed by atoms with Crippen LogP contribution in [0.4, 0.5) is 4.39 Å². The Morgan fingerprint density at radius 1 is 1.22 bits per heavy atom. The van der Waals surface area contributed by atoms with Crippen LogP contribution in [0.25, 0.3) is 0 Å². The molecule has 1 aromatic heterocycles. The summed E-state index contributed by atoms with van der Waals surface area (Å²) in [7, 11) is 0. The van der Waals surface area contributed by atoms with Crippen molar-refractivity contribution in [2.24, 2.45) is 0 Å². The highest BCUT2D eigenvalue weighted by molar-refractivity contribution is 5.88. The van der Waals surface area contributed by atoms with Gasteiger partial charge in [0.2, 0.25) is 11.8 Å². The van der Waals surface area contributed by atoms with Crippen LogP contribution in [0.5, 0.6) is 5.75 Å². The molecule has 2 bridgehead atoms. The Hall–Kier alpha value is -3.48. The number of carbonyl (C=O) groups excluding carboxylic acids is 2. The zero-order valence-corrected chi connectivity index (χ0v) is 21.1. The minimum Gasteiger partial charge on any atom is -0.493 e. The quantitative estimate of drug-likeness (QED) is 0.424. The van der Waals surface area contributed by atoms with Gasteiger partial charge >= 0.3 is 0 Å². The fourth-order valence-electron chi connectivity index (χ4n) is 4.15. The molecule has 0 aliphatic carbocycles. The first-order valence-electron chi connectivity index (χ1n) is 12.6. The van der Waals surface area contributed by atoms with Crippen LogP contribution in [-0.4, -0.2) is 53.2 Å². The molecule has 8 nitrogen and oxygen atoms in total.